The van der Waals surface area contributed by atoms with Gasteiger partial charge in [0.15, 0.2) is 5.75 Å². The van der Waals surface area contributed by atoms with Gasteiger partial charge >= 0.3 is 0 Å². The predicted molar refractivity (Wildman–Crippen MR) is 69.9 cm³/mol. The van der Waals surface area contributed by atoms with Gasteiger partial charge in [-0.05, 0) is 26.0 Å². The van der Waals surface area contributed by atoms with E-state index < -0.39 is 0 Å². The first-order valence-corrected chi connectivity index (χ1v) is 5.77. The summed E-state index contributed by atoms with van der Waals surface area (Å²) >= 11 is 0. The van der Waals surface area contributed by atoms with Crippen molar-refractivity contribution in [1.29, 1.82) is 0 Å². The maximum atomic E-state index is 5.84. The van der Waals surface area contributed by atoms with Gasteiger partial charge in [-0.25, -0.2) is 0 Å². The molecule has 5 nitrogen and oxygen atoms in total. The molecular weight excluding hydrogens is 230 g/mol. The van der Waals surface area contributed by atoms with Crippen LogP contribution in [-0.4, -0.2) is 15.9 Å². The van der Waals surface area contributed by atoms with Gasteiger partial charge in [-0.15, -0.1) is 0 Å². The van der Waals surface area contributed by atoms with E-state index >= 15 is 0 Å². The van der Waals surface area contributed by atoms with E-state index in [0.717, 1.165) is 0 Å². The van der Waals surface area contributed by atoms with Crippen LogP contribution in [0.25, 0.3) is 0 Å². The van der Waals surface area contributed by atoms with Crippen molar-refractivity contribution in [3.05, 3.63) is 30.6 Å². The van der Waals surface area contributed by atoms with E-state index in [0.29, 0.717) is 22.9 Å². The predicted octanol–water partition coefficient (Wildman–Crippen LogP) is 2.58. The number of aromatic nitrogens is 2. The number of nitrogens with two attached hydrogens (primary N) is 1. The van der Waals surface area contributed by atoms with Crippen LogP contribution in [0.4, 0.5) is 5.69 Å². The van der Waals surface area contributed by atoms with E-state index in [1.807, 2.05) is 20.9 Å². The largest absolute Gasteiger partial charge is 0.489 e. The molecule has 0 aliphatic rings. The van der Waals surface area contributed by atoms with Crippen LogP contribution in [0.3, 0.4) is 0 Å². The highest BCUT2D eigenvalue weighted by Crippen LogP contribution is 2.30. The number of nitrogens with zero attached hydrogens (tertiary/aromatic N) is 2. The molecule has 0 aliphatic heterocycles. The topological polar surface area (TPSA) is 62.3 Å². The summed E-state index contributed by atoms with van der Waals surface area (Å²) in [5, 5.41) is 4.04. The lowest BCUT2D eigenvalue weighted by molar-refractivity contribution is 0.243. The molecule has 0 atom stereocenters. The molecule has 96 valence electrons. The van der Waals surface area contributed by atoms with Crippen LogP contribution in [0.2, 0.25) is 0 Å². The van der Waals surface area contributed by atoms with Crippen LogP contribution >= 0.6 is 0 Å². The third-order valence-corrected chi connectivity index (χ3v) is 2.26. The number of hydrogen-bond donors (Lipinski definition) is 1. The van der Waals surface area contributed by atoms with Gasteiger partial charge < -0.3 is 15.2 Å². The average Bonchev–Trinajstić information content (AvgIpc) is 2.68. The van der Waals surface area contributed by atoms with E-state index in [1.165, 1.54) is 0 Å². The Bertz CT molecular complexity index is 535. The average molecular weight is 247 g/mol. The van der Waals surface area contributed by atoms with Crippen LogP contribution in [0.5, 0.6) is 17.2 Å². The molecule has 2 aromatic rings. The number of aryl methyl sites for hydroxylation is 1. The molecule has 0 amide bonds. The Morgan fingerprint density at radius 3 is 2.67 bits per heavy atom. The smallest absolute Gasteiger partial charge is 0.165 e. The maximum Gasteiger partial charge on any atom is 0.165 e. The highest BCUT2D eigenvalue weighted by molar-refractivity contribution is 5.56. The number of anilines is 1. The zero-order chi connectivity index (χ0) is 13.1. The van der Waals surface area contributed by atoms with Gasteiger partial charge in [-0.3, -0.25) is 4.68 Å². The minimum atomic E-state index is 0.0703. The molecule has 2 N–H and O–H groups in total. The second kappa shape index (κ2) is 5.00. The highest BCUT2D eigenvalue weighted by atomic mass is 16.5. The van der Waals surface area contributed by atoms with Crippen LogP contribution in [0, 0.1) is 0 Å². The number of nitrogen functional groups attached to an aromatic ring is 1. The van der Waals surface area contributed by atoms with Crippen LogP contribution < -0.4 is 15.2 Å². The molecule has 0 fully saturated rings. The van der Waals surface area contributed by atoms with E-state index in [-0.39, 0.29) is 6.10 Å². The number of rotatable bonds is 4. The molecule has 0 bridgehead atoms. The van der Waals surface area contributed by atoms with Crippen molar-refractivity contribution in [2.75, 3.05) is 5.73 Å². The molecule has 18 heavy (non-hydrogen) atoms. The lowest BCUT2D eigenvalue weighted by atomic mass is 10.2. The molecular formula is C13H17N3O2. The van der Waals surface area contributed by atoms with Crippen LogP contribution in [0.15, 0.2) is 30.6 Å². The normalized spacial score (nSPS) is 10.7. The van der Waals surface area contributed by atoms with E-state index in [9.17, 15) is 0 Å². The molecule has 0 saturated carbocycles. The first-order chi connectivity index (χ1) is 8.54. The minimum absolute atomic E-state index is 0.0703. The molecule has 0 spiro atoms. The maximum absolute atomic E-state index is 5.84. The quantitative estimate of drug-likeness (QED) is 0.843. The van der Waals surface area contributed by atoms with E-state index in [4.69, 9.17) is 15.2 Å². The van der Waals surface area contributed by atoms with E-state index in [2.05, 4.69) is 5.10 Å². The van der Waals surface area contributed by atoms with Gasteiger partial charge in [-0.1, -0.05) is 0 Å². The summed E-state index contributed by atoms with van der Waals surface area (Å²) in [7, 11) is 1.84. The molecule has 0 aliphatic carbocycles. The second-order valence-electron chi connectivity index (χ2n) is 4.32. The Hall–Kier alpha value is -2.17. The zero-order valence-electron chi connectivity index (χ0n) is 10.8. The number of benzene rings is 1. The van der Waals surface area contributed by atoms with Gasteiger partial charge in [0.1, 0.15) is 11.5 Å². The molecule has 0 unspecified atom stereocenters. The van der Waals surface area contributed by atoms with Gasteiger partial charge in [0, 0.05) is 13.1 Å². The molecule has 1 heterocycles. The fraction of sp³-hybridized carbons (Fsp3) is 0.308. The molecule has 5 heteroatoms. The van der Waals surface area contributed by atoms with E-state index in [1.54, 1.807) is 35.3 Å². The third kappa shape index (κ3) is 2.94. The van der Waals surface area contributed by atoms with Crippen molar-refractivity contribution < 1.29 is 9.47 Å². The monoisotopic (exact) mass is 247 g/mol. The van der Waals surface area contributed by atoms with Gasteiger partial charge in [0.2, 0.25) is 0 Å². The Balaban J connectivity index is 2.18. The Labute approximate surface area is 106 Å². The molecule has 0 radical (unpaired) electrons. The van der Waals surface area contributed by atoms with Crippen molar-refractivity contribution in [3.63, 3.8) is 0 Å². The van der Waals surface area contributed by atoms with Gasteiger partial charge in [-0.2, -0.15) is 5.10 Å². The Morgan fingerprint density at radius 1 is 1.28 bits per heavy atom. The number of ether oxygens (including phenoxy) is 2. The minimum Gasteiger partial charge on any atom is -0.489 e. The van der Waals surface area contributed by atoms with Crippen molar-refractivity contribution in [2.45, 2.75) is 20.0 Å². The summed E-state index contributed by atoms with van der Waals surface area (Å²) in [6, 6.07) is 5.35. The second-order valence-corrected chi connectivity index (χ2v) is 4.32. The molecule has 1 aromatic heterocycles. The zero-order valence-corrected chi connectivity index (χ0v) is 10.8. The van der Waals surface area contributed by atoms with Crippen molar-refractivity contribution in [2.24, 2.45) is 7.05 Å². The highest BCUT2D eigenvalue weighted by Gasteiger charge is 2.06. The first kappa shape index (κ1) is 12.3. The summed E-state index contributed by atoms with van der Waals surface area (Å²) in [5.41, 5.74) is 6.44. The number of hydrogen-bond acceptors (Lipinski definition) is 4. The summed E-state index contributed by atoms with van der Waals surface area (Å²) in [4.78, 5) is 0. The van der Waals surface area contributed by atoms with Gasteiger partial charge in [0.25, 0.3) is 0 Å². The lowest BCUT2D eigenvalue weighted by Gasteiger charge is -2.13. The first-order valence-electron chi connectivity index (χ1n) is 5.77. The van der Waals surface area contributed by atoms with Crippen LogP contribution in [-0.2, 0) is 7.05 Å². The molecule has 2 rings (SSSR count). The summed E-state index contributed by atoms with van der Waals surface area (Å²) in [5.74, 6) is 1.98. The van der Waals surface area contributed by atoms with Gasteiger partial charge in [0.05, 0.1) is 24.2 Å². The fourth-order valence-electron chi connectivity index (χ4n) is 1.52. The molecule has 0 saturated heterocycles. The van der Waals surface area contributed by atoms with Crippen LogP contribution in [0.1, 0.15) is 13.8 Å². The summed E-state index contributed by atoms with van der Waals surface area (Å²) in [6.45, 7) is 3.90. The van der Waals surface area contributed by atoms with Crippen molar-refractivity contribution in [1.82, 2.24) is 9.78 Å². The Kier molecular flexibility index (Phi) is 3.41. The van der Waals surface area contributed by atoms with Crippen molar-refractivity contribution >= 4 is 5.69 Å². The Morgan fingerprint density at radius 2 is 2.06 bits per heavy atom. The third-order valence-electron chi connectivity index (χ3n) is 2.26. The lowest BCUT2D eigenvalue weighted by Crippen LogP contribution is -2.07. The standard InChI is InChI=1S/C13H17N3O2/c1-9(2)17-13-6-10(4-5-12(13)14)18-11-7-15-16(3)8-11/h4-9H,14H2,1-3H3. The van der Waals surface area contributed by atoms with Crippen molar-refractivity contribution in [3.8, 4) is 17.2 Å². The molecule has 1 aromatic carbocycles. The fourth-order valence-corrected chi connectivity index (χ4v) is 1.52. The summed E-state index contributed by atoms with van der Waals surface area (Å²) in [6.07, 6.45) is 3.51. The SMILES string of the molecule is CC(C)Oc1cc(Oc2cnn(C)c2)ccc1N. The summed E-state index contributed by atoms with van der Waals surface area (Å²) < 4.78 is 12.9.